The van der Waals surface area contributed by atoms with Crippen LogP contribution in [0.15, 0.2) is 52.1 Å². The number of nitrogens with one attached hydrogen (secondary N) is 1. The van der Waals surface area contributed by atoms with Gasteiger partial charge in [-0.05, 0) is 31.2 Å². The van der Waals surface area contributed by atoms with Crippen molar-refractivity contribution in [3.05, 3.63) is 59.9 Å². The fourth-order valence-corrected chi connectivity index (χ4v) is 2.71. The van der Waals surface area contributed by atoms with Crippen LogP contribution >= 0.6 is 11.8 Å². The monoisotopic (exact) mass is 379 g/mol. The summed E-state index contributed by atoms with van der Waals surface area (Å²) in [5.41, 5.74) is 0.282. The predicted octanol–water partition coefficient (Wildman–Crippen LogP) is 4.27. The van der Waals surface area contributed by atoms with E-state index in [1.807, 2.05) is 0 Å². The van der Waals surface area contributed by atoms with Crippen molar-refractivity contribution >= 4 is 23.4 Å². The molecule has 0 bridgehead atoms. The van der Waals surface area contributed by atoms with E-state index in [9.17, 15) is 18.0 Å². The number of thioether (sulfide) groups is 1. The smallest absolute Gasteiger partial charge is 0.277 e. The summed E-state index contributed by atoms with van der Waals surface area (Å²) in [5.74, 6) is -3.03. The first-order valence-electron chi connectivity index (χ1n) is 7.45. The van der Waals surface area contributed by atoms with Crippen molar-refractivity contribution in [2.45, 2.75) is 17.4 Å². The number of hydrogen-bond acceptors (Lipinski definition) is 5. The first kappa shape index (κ1) is 18.0. The molecule has 0 saturated carbocycles. The third-order valence-corrected chi connectivity index (χ3v) is 4.28. The van der Waals surface area contributed by atoms with Crippen molar-refractivity contribution in [1.82, 2.24) is 10.2 Å². The highest BCUT2D eigenvalue weighted by Crippen LogP contribution is 2.28. The predicted molar refractivity (Wildman–Crippen MR) is 90.0 cm³/mol. The Bertz CT molecular complexity index is 949. The van der Waals surface area contributed by atoms with Crippen molar-refractivity contribution in [1.29, 1.82) is 0 Å². The van der Waals surface area contributed by atoms with Gasteiger partial charge in [-0.2, -0.15) is 0 Å². The first-order chi connectivity index (χ1) is 12.4. The van der Waals surface area contributed by atoms with Gasteiger partial charge in [-0.1, -0.05) is 23.9 Å². The van der Waals surface area contributed by atoms with Crippen LogP contribution in [0.2, 0.25) is 0 Å². The second kappa shape index (κ2) is 7.61. The Morgan fingerprint density at radius 2 is 1.85 bits per heavy atom. The molecule has 0 spiro atoms. The fraction of sp³-hybridized carbons (Fsp3) is 0.118. The van der Waals surface area contributed by atoms with Crippen LogP contribution in [0, 0.1) is 17.5 Å². The summed E-state index contributed by atoms with van der Waals surface area (Å²) >= 11 is 0.957. The number of hydrogen-bond donors (Lipinski definition) is 1. The Balaban J connectivity index is 1.66. The van der Waals surface area contributed by atoms with Crippen LogP contribution in [0.3, 0.4) is 0 Å². The fourth-order valence-electron chi connectivity index (χ4n) is 2.02. The van der Waals surface area contributed by atoms with E-state index >= 15 is 0 Å². The number of carbonyl (C=O) groups is 1. The molecule has 1 atom stereocenters. The number of halogens is 3. The zero-order chi connectivity index (χ0) is 18.7. The maximum absolute atomic E-state index is 13.7. The van der Waals surface area contributed by atoms with Crippen molar-refractivity contribution in [3.8, 4) is 11.5 Å². The highest BCUT2D eigenvalue weighted by Gasteiger charge is 2.20. The van der Waals surface area contributed by atoms with Gasteiger partial charge in [0.15, 0.2) is 11.6 Å². The van der Waals surface area contributed by atoms with Gasteiger partial charge >= 0.3 is 0 Å². The number of anilines is 1. The molecule has 3 aromatic rings. The average molecular weight is 379 g/mol. The second-order valence-electron chi connectivity index (χ2n) is 5.23. The SMILES string of the molecule is C[C@@H](Sc1nnc(-c2ccccc2F)o1)C(=O)Nc1ccc(F)c(F)c1. The summed E-state index contributed by atoms with van der Waals surface area (Å²) in [6.07, 6.45) is 0. The molecule has 1 amide bonds. The van der Waals surface area contributed by atoms with E-state index in [0.717, 1.165) is 23.9 Å². The lowest BCUT2D eigenvalue weighted by Gasteiger charge is -2.10. The van der Waals surface area contributed by atoms with Gasteiger partial charge in [-0.15, -0.1) is 10.2 Å². The molecule has 5 nitrogen and oxygen atoms in total. The van der Waals surface area contributed by atoms with E-state index in [1.54, 1.807) is 13.0 Å². The van der Waals surface area contributed by atoms with Crippen LogP contribution in [0.5, 0.6) is 0 Å². The highest BCUT2D eigenvalue weighted by atomic mass is 32.2. The highest BCUT2D eigenvalue weighted by molar-refractivity contribution is 8.00. The molecule has 1 N–H and O–H groups in total. The quantitative estimate of drug-likeness (QED) is 0.671. The van der Waals surface area contributed by atoms with Crippen LogP contribution in [0.4, 0.5) is 18.9 Å². The number of rotatable bonds is 5. The van der Waals surface area contributed by atoms with Crippen molar-refractivity contribution in [2.75, 3.05) is 5.32 Å². The van der Waals surface area contributed by atoms with E-state index in [0.29, 0.717) is 0 Å². The third kappa shape index (κ3) is 4.05. The minimum atomic E-state index is -1.06. The van der Waals surface area contributed by atoms with Gasteiger partial charge in [0.25, 0.3) is 11.1 Å². The summed E-state index contributed by atoms with van der Waals surface area (Å²) in [7, 11) is 0. The lowest BCUT2D eigenvalue weighted by Crippen LogP contribution is -2.22. The lowest BCUT2D eigenvalue weighted by molar-refractivity contribution is -0.115. The molecule has 0 aliphatic heterocycles. The summed E-state index contributed by atoms with van der Waals surface area (Å²) in [6.45, 7) is 1.58. The van der Waals surface area contributed by atoms with Crippen molar-refractivity contribution < 1.29 is 22.4 Å². The van der Waals surface area contributed by atoms with Gasteiger partial charge in [0.05, 0.1) is 10.8 Å². The average Bonchev–Trinajstić information content (AvgIpc) is 3.06. The summed E-state index contributed by atoms with van der Waals surface area (Å²) in [6, 6.07) is 8.98. The Morgan fingerprint density at radius 1 is 1.08 bits per heavy atom. The zero-order valence-electron chi connectivity index (χ0n) is 13.4. The number of nitrogens with zero attached hydrogens (tertiary/aromatic N) is 2. The molecule has 3 rings (SSSR count). The number of benzene rings is 2. The Labute approximate surface area is 150 Å². The van der Waals surface area contributed by atoms with Gasteiger partial charge in [-0.3, -0.25) is 4.79 Å². The Hall–Kier alpha value is -2.81. The molecule has 0 saturated heterocycles. The van der Waals surface area contributed by atoms with Crippen LogP contribution in [0.25, 0.3) is 11.5 Å². The van der Waals surface area contributed by atoms with Gasteiger partial charge in [-0.25, -0.2) is 13.2 Å². The molecule has 2 aromatic carbocycles. The van der Waals surface area contributed by atoms with E-state index < -0.39 is 28.6 Å². The molecule has 0 unspecified atom stereocenters. The van der Waals surface area contributed by atoms with Gasteiger partial charge in [0, 0.05) is 11.8 Å². The summed E-state index contributed by atoms with van der Waals surface area (Å²) in [5, 5.41) is 9.42. The molecule has 1 aromatic heterocycles. The molecular formula is C17H12F3N3O2S. The lowest BCUT2D eigenvalue weighted by atomic mass is 10.2. The van der Waals surface area contributed by atoms with E-state index in [4.69, 9.17) is 4.42 Å². The number of carbonyl (C=O) groups excluding carboxylic acids is 1. The van der Waals surface area contributed by atoms with Crippen molar-refractivity contribution in [3.63, 3.8) is 0 Å². The minimum Gasteiger partial charge on any atom is -0.411 e. The van der Waals surface area contributed by atoms with Gasteiger partial charge < -0.3 is 9.73 Å². The van der Waals surface area contributed by atoms with Crippen molar-refractivity contribution in [2.24, 2.45) is 0 Å². The van der Waals surface area contributed by atoms with Crippen LogP contribution in [-0.2, 0) is 4.79 Å². The maximum Gasteiger partial charge on any atom is 0.277 e. The topological polar surface area (TPSA) is 68.0 Å². The minimum absolute atomic E-state index is 0.00110. The Kier molecular flexibility index (Phi) is 5.27. The molecule has 1 heterocycles. The normalized spacial score (nSPS) is 12.0. The van der Waals surface area contributed by atoms with E-state index in [1.165, 1.54) is 24.3 Å². The van der Waals surface area contributed by atoms with Gasteiger partial charge in [0.2, 0.25) is 5.91 Å². The summed E-state index contributed by atoms with van der Waals surface area (Å²) in [4.78, 5) is 12.1. The van der Waals surface area contributed by atoms with Gasteiger partial charge in [0.1, 0.15) is 5.82 Å². The number of aromatic nitrogens is 2. The molecule has 0 aliphatic rings. The zero-order valence-corrected chi connectivity index (χ0v) is 14.2. The molecule has 0 radical (unpaired) electrons. The summed E-state index contributed by atoms with van der Waals surface area (Å²) < 4.78 is 45.2. The van der Waals surface area contributed by atoms with E-state index in [2.05, 4.69) is 15.5 Å². The first-order valence-corrected chi connectivity index (χ1v) is 8.33. The maximum atomic E-state index is 13.7. The third-order valence-electron chi connectivity index (χ3n) is 3.34. The largest absolute Gasteiger partial charge is 0.411 e. The Morgan fingerprint density at radius 3 is 2.58 bits per heavy atom. The van der Waals surface area contributed by atoms with Crippen LogP contribution in [0.1, 0.15) is 6.92 Å². The molecule has 0 fully saturated rings. The number of amides is 1. The van der Waals surface area contributed by atoms with Crippen LogP contribution in [-0.4, -0.2) is 21.4 Å². The second-order valence-corrected chi connectivity index (χ2v) is 6.52. The standard InChI is InChI=1S/C17H12F3N3O2S/c1-9(15(24)21-10-6-7-13(19)14(20)8-10)26-17-23-22-16(25-17)11-4-2-3-5-12(11)18/h2-9H,1H3,(H,21,24)/t9-/m1/s1. The molecular weight excluding hydrogens is 367 g/mol. The molecule has 134 valence electrons. The molecule has 9 heteroatoms. The van der Waals surface area contributed by atoms with Crippen LogP contribution < -0.4 is 5.32 Å². The van der Waals surface area contributed by atoms with E-state index in [-0.39, 0.29) is 22.4 Å². The molecule has 0 aliphatic carbocycles. The molecule has 26 heavy (non-hydrogen) atoms.